The first-order chi connectivity index (χ1) is 18.7. The molecular weight excluding hydrogens is 628 g/mol. The topological polar surface area (TPSA) is 55.0 Å². The zero-order valence-corrected chi connectivity index (χ0v) is 28.4. The molecule has 5 rings (SSSR count). The van der Waals surface area contributed by atoms with Crippen molar-refractivity contribution in [2.75, 3.05) is 39.3 Å². The van der Waals surface area contributed by atoms with Crippen LogP contribution in [0.1, 0.15) is 27.7 Å². The molecule has 42 heavy (non-hydrogen) atoms. The Bertz CT molecular complexity index is 1400. The van der Waals surface area contributed by atoms with E-state index in [2.05, 4.69) is 113 Å². The van der Waals surface area contributed by atoms with E-state index in [4.69, 9.17) is 15.0 Å². The molecule has 0 spiro atoms. The third-order valence-electron chi connectivity index (χ3n) is 7.58. The van der Waals surface area contributed by atoms with Gasteiger partial charge in [-0.25, -0.2) is 15.0 Å². The van der Waals surface area contributed by atoms with Crippen molar-refractivity contribution in [3.8, 4) is 23.0 Å². The average Bonchev–Trinajstić information content (AvgIpc) is 3.53. The molecule has 0 aliphatic carbocycles. The number of likely N-dealkylation sites (N-methyl/N-ethyl adjacent to an activating group) is 2. The van der Waals surface area contributed by atoms with Crippen molar-refractivity contribution in [3.05, 3.63) is 66.7 Å². The van der Waals surface area contributed by atoms with Gasteiger partial charge in [-0.15, -0.1) is 0 Å². The molecule has 0 N–H and O–H groups in total. The number of rotatable bonds is 12. The first-order valence-corrected chi connectivity index (χ1v) is 14.0. The van der Waals surface area contributed by atoms with Gasteiger partial charge in [-0.3, -0.25) is 0 Å². The number of hydrogen-bond acceptors (Lipinski definition) is 5. The summed E-state index contributed by atoms with van der Waals surface area (Å²) in [7, 11) is 0. The predicted octanol–water partition coefficient (Wildman–Crippen LogP) is -3.19. The Morgan fingerprint density at radius 2 is 0.905 bits per heavy atom. The van der Waals surface area contributed by atoms with Crippen LogP contribution < -0.4 is 37.2 Å². The minimum absolute atomic E-state index is 0. The third-order valence-corrected chi connectivity index (χ3v) is 7.58. The Morgan fingerprint density at radius 3 is 1.29 bits per heavy atom. The standard InChI is InChI=1S/C31H39N7.3ClH.V/c1-5-35(6-2)20-22-37-28-18-11-9-14-24(28)33-30(37)26-16-13-17-27(32-26)31-34-25-15-10-12-19-29(25)38(31)23-21-36(7-3)8-4;;;;/h9-19H,5-8,20-23H2,1-4H3;3*1H;/p-3. The molecule has 227 valence electrons. The number of imidazole rings is 2. The molecule has 2 aromatic carbocycles. The maximum atomic E-state index is 5.17. The van der Waals surface area contributed by atoms with Gasteiger partial charge in [-0.1, -0.05) is 58.0 Å². The zero-order valence-electron chi connectivity index (χ0n) is 24.7. The summed E-state index contributed by atoms with van der Waals surface area (Å²) in [5.74, 6) is 1.82. The van der Waals surface area contributed by atoms with Crippen molar-refractivity contribution in [1.29, 1.82) is 0 Å². The minimum atomic E-state index is 0. The molecule has 7 nitrogen and oxygen atoms in total. The van der Waals surface area contributed by atoms with Crippen molar-refractivity contribution in [2.24, 2.45) is 0 Å². The number of halogens is 3. The third kappa shape index (κ3) is 8.09. The van der Waals surface area contributed by atoms with Gasteiger partial charge in [0.25, 0.3) is 0 Å². The van der Waals surface area contributed by atoms with Gasteiger partial charge in [0, 0.05) is 44.7 Å². The zero-order chi connectivity index (χ0) is 26.5. The summed E-state index contributed by atoms with van der Waals surface area (Å²) < 4.78 is 4.65. The van der Waals surface area contributed by atoms with Crippen molar-refractivity contribution in [2.45, 2.75) is 40.8 Å². The number of benzene rings is 2. The molecule has 1 radical (unpaired) electrons. The molecule has 0 aliphatic rings. The second kappa shape index (κ2) is 17.9. The Labute approximate surface area is 280 Å². The van der Waals surface area contributed by atoms with Gasteiger partial charge in [-0.05, 0) is 62.6 Å². The van der Waals surface area contributed by atoms with Crippen LogP contribution in [0, 0.1) is 0 Å². The molecule has 3 aromatic heterocycles. The Kier molecular flexibility index (Phi) is 16.2. The monoisotopic (exact) mass is 665 g/mol. The number of pyridine rings is 1. The van der Waals surface area contributed by atoms with Crippen LogP contribution in [0.25, 0.3) is 45.1 Å². The largest absolute Gasteiger partial charge is 1.00 e. The molecule has 3 heterocycles. The molecule has 0 amide bonds. The van der Waals surface area contributed by atoms with E-state index in [9.17, 15) is 0 Å². The van der Waals surface area contributed by atoms with Gasteiger partial charge < -0.3 is 56.2 Å². The van der Waals surface area contributed by atoms with Crippen LogP contribution in [0.3, 0.4) is 0 Å². The van der Waals surface area contributed by atoms with Crippen LogP contribution in [0.2, 0.25) is 0 Å². The smallest absolute Gasteiger partial charge is 0.159 e. The molecule has 0 fully saturated rings. The van der Waals surface area contributed by atoms with E-state index in [1.807, 2.05) is 0 Å². The van der Waals surface area contributed by atoms with Gasteiger partial charge in [0.1, 0.15) is 11.4 Å². The molecular formula is C31H39Cl3N7V-3. The van der Waals surface area contributed by atoms with E-state index in [0.717, 1.165) is 97.5 Å². The van der Waals surface area contributed by atoms with Crippen LogP contribution in [0.5, 0.6) is 0 Å². The fourth-order valence-electron chi connectivity index (χ4n) is 5.24. The van der Waals surface area contributed by atoms with Crippen molar-refractivity contribution < 1.29 is 55.8 Å². The summed E-state index contributed by atoms with van der Waals surface area (Å²) in [6.07, 6.45) is 0. The van der Waals surface area contributed by atoms with Crippen molar-refractivity contribution in [3.63, 3.8) is 0 Å². The van der Waals surface area contributed by atoms with Gasteiger partial charge in [0.2, 0.25) is 0 Å². The SMILES string of the molecule is CCN(CC)CCn1c(-c2cccc(-c3nc4ccccc4n3CCN(CC)CC)n2)nc2ccccc21.[Cl-].[Cl-].[Cl-].[V]. The predicted molar refractivity (Wildman–Crippen MR) is 157 cm³/mol. The maximum Gasteiger partial charge on any atom is 0.159 e. The van der Waals surface area contributed by atoms with Crippen LogP contribution in [0.15, 0.2) is 66.7 Å². The number of hydrogen-bond donors (Lipinski definition) is 0. The van der Waals surface area contributed by atoms with Crippen LogP contribution in [-0.4, -0.2) is 73.2 Å². The Balaban J connectivity index is 0.00000220. The second-order valence-electron chi connectivity index (χ2n) is 9.61. The van der Waals surface area contributed by atoms with Crippen molar-refractivity contribution >= 4 is 22.1 Å². The molecule has 0 saturated carbocycles. The fraction of sp³-hybridized carbons (Fsp3) is 0.387. The van der Waals surface area contributed by atoms with E-state index in [1.54, 1.807) is 0 Å². The van der Waals surface area contributed by atoms with E-state index < -0.39 is 0 Å². The summed E-state index contributed by atoms with van der Waals surface area (Å²) in [5, 5.41) is 0. The van der Waals surface area contributed by atoms with E-state index >= 15 is 0 Å². The number of aromatic nitrogens is 5. The van der Waals surface area contributed by atoms with E-state index in [1.165, 1.54) is 0 Å². The summed E-state index contributed by atoms with van der Waals surface area (Å²) in [5.41, 5.74) is 6.05. The average molecular weight is 667 g/mol. The van der Waals surface area contributed by atoms with Crippen LogP contribution >= 0.6 is 0 Å². The number of para-hydroxylation sites is 4. The minimum Gasteiger partial charge on any atom is -1.00 e. The first-order valence-electron chi connectivity index (χ1n) is 14.0. The maximum absolute atomic E-state index is 5.17. The Hall–Kier alpha value is -2.10. The molecule has 11 heteroatoms. The summed E-state index contributed by atoms with van der Waals surface area (Å²) >= 11 is 0. The van der Waals surface area contributed by atoms with Gasteiger partial charge in [0.05, 0.1) is 22.1 Å². The van der Waals surface area contributed by atoms with Crippen LogP contribution in [-0.2, 0) is 31.6 Å². The van der Waals surface area contributed by atoms with Gasteiger partial charge in [-0.2, -0.15) is 0 Å². The molecule has 5 aromatic rings. The van der Waals surface area contributed by atoms with E-state index in [0.29, 0.717) is 0 Å². The Morgan fingerprint density at radius 1 is 0.524 bits per heavy atom. The summed E-state index contributed by atoms with van der Waals surface area (Å²) in [4.78, 5) is 20.1. The summed E-state index contributed by atoms with van der Waals surface area (Å²) in [6, 6.07) is 23.0. The molecule has 0 bridgehead atoms. The first kappa shape index (κ1) is 37.9. The fourth-order valence-corrected chi connectivity index (χ4v) is 5.24. The second-order valence-corrected chi connectivity index (χ2v) is 9.61. The molecule has 0 unspecified atom stereocenters. The normalized spacial score (nSPS) is 10.8. The number of nitrogens with zero attached hydrogens (tertiary/aromatic N) is 7. The van der Waals surface area contributed by atoms with Crippen LogP contribution in [0.4, 0.5) is 0 Å². The molecule has 0 saturated heterocycles. The van der Waals surface area contributed by atoms with Gasteiger partial charge in [0.15, 0.2) is 11.6 Å². The van der Waals surface area contributed by atoms with Gasteiger partial charge >= 0.3 is 0 Å². The molecule has 0 atom stereocenters. The number of fused-ring (bicyclic) bond motifs is 2. The van der Waals surface area contributed by atoms with E-state index in [-0.39, 0.29) is 55.8 Å². The van der Waals surface area contributed by atoms with Crippen molar-refractivity contribution in [1.82, 2.24) is 33.9 Å². The molecule has 0 aliphatic heterocycles. The quantitative estimate of drug-likeness (QED) is 0.141. The summed E-state index contributed by atoms with van der Waals surface area (Å²) in [6.45, 7) is 16.7.